The fraction of sp³-hybridized carbons (Fsp3) is 0.312. The second-order valence-electron chi connectivity index (χ2n) is 13.9. The zero-order valence-corrected chi connectivity index (χ0v) is 37.6. The van der Waals surface area contributed by atoms with E-state index in [0.29, 0.717) is 54.2 Å². The summed E-state index contributed by atoms with van der Waals surface area (Å²) in [6.45, 7) is 66.9. The molecule has 3 aliphatic rings. The Kier molecular flexibility index (Phi) is 23.7. The first kappa shape index (κ1) is 54.6. The van der Waals surface area contributed by atoms with Crippen LogP contribution in [0.25, 0.3) is 29.1 Å². The molecule has 0 amide bonds. The van der Waals surface area contributed by atoms with Crippen molar-refractivity contribution < 1.29 is 38.4 Å². The normalized spacial score (nSPS) is 13.7. The highest BCUT2D eigenvalue weighted by atomic mass is 16.6. The largest absolute Gasteiger partial charge is 0.526 e. The SMILES string of the molecule is [C-]#[N+]C([N+]#[C-])=C1C=C(C)N(CCOC(=O)C(=C)C)C(C)=C1.[C-]#[N+]C([N+]#[C-])=C1C=C(C)N(CCOCCOC(=O)C(=C)C)C(C)=C1.[C-]#[N+]C([N+]#[C-])=C1C=CN(CC(O)OC(=O)C(=C)C)C=C1. The highest BCUT2D eigenvalue weighted by Gasteiger charge is 2.21. The number of aliphatic hydroxyl groups is 1. The number of aliphatic hydroxyl groups excluding tert-OH is 1. The molecule has 3 rings (SSSR count). The van der Waals surface area contributed by atoms with Gasteiger partial charge < -0.3 is 38.8 Å². The van der Waals surface area contributed by atoms with E-state index in [0.717, 1.165) is 22.8 Å². The molecule has 0 aromatic rings. The van der Waals surface area contributed by atoms with Crippen LogP contribution in [-0.4, -0.2) is 90.1 Å². The number of carbonyl (C=O) groups excluding carboxylic acids is 3. The maximum Gasteiger partial charge on any atom is 0.526 e. The van der Waals surface area contributed by atoms with Gasteiger partial charge in [-0.25, -0.2) is 14.4 Å². The lowest BCUT2D eigenvalue weighted by Gasteiger charge is -2.29. The third-order valence-electron chi connectivity index (χ3n) is 8.59. The summed E-state index contributed by atoms with van der Waals surface area (Å²) in [6, 6.07) is 0. The molecule has 0 aromatic carbocycles. The molecular formula is C48H51N9O8. The molecule has 0 bridgehead atoms. The van der Waals surface area contributed by atoms with Crippen LogP contribution in [0.3, 0.4) is 0 Å². The maximum atomic E-state index is 11.3. The van der Waals surface area contributed by atoms with Gasteiger partial charge in [-0.2, -0.15) is 29.1 Å². The zero-order valence-electron chi connectivity index (χ0n) is 37.6. The summed E-state index contributed by atoms with van der Waals surface area (Å²) in [4.78, 5) is 58.4. The standard InChI is InChI=1S/C18H21N3O3.C16H17N3O2.C14H13N3O3/c1-13(2)18(22)24-10-9-23-8-7-21-14(3)11-16(12-15(21)4)17(19-5)20-6;1-11(2)16(20)21-8-7-19-12(3)9-14(10-13(19)4)15(17-5)18-6;1-10(2)14(19)20-12(18)9-17-7-5-11(6-8-17)13(15-3)16-4/h11-12H,1,7-10H2,2-4H3;9-10H,1,7-8H2,2-4H3;5-8,12,18H,1,9H2,2H3. The lowest BCUT2D eigenvalue weighted by molar-refractivity contribution is -0.163. The molecule has 1 N–H and O–H groups in total. The fourth-order valence-corrected chi connectivity index (χ4v) is 5.37. The molecule has 17 nitrogen and oxygen atoms in total. The number of ether oxygens (including phenoxy) is 4. The molecule has 0 aliphatic carbocycles. The van der Waals surface area contributed by atoms with Gasteiger partial charge in [0.15, 0.2) is 0 Å². The topological polar surface area (TPSA) is 144 Å². The van der Waals surface area contributed by atoms with E-state index in [9.17, 15) is 19.5 Å². The van der Waals surface area contributed by atoms with Gasteiger partial charge >= 0.3 is 35.4 Å². The van der Waals surface area contributed by atoms with Crippen LogP contribution in [-0.2, 0) is 33.3 Å². The van der Waals surface area contributed by atoms with Crippen LogP contribution in [0, 0.1) is 39.4 Å². The van der Waals surface area contributed by atoms with Crippen LogP contribution in [0.1, 0.15) is 48.5 Å². The Morgan fingerprint density at radius 3 is 1.29 bits per heavy atom. The molecule has 0 saturated carbocycles. The highest BCUT2D eigenvalue weighted by molar-refractivity contribution is 5.87. The monoisotopic (exact) mass is 881 g/mol. The third kappa shape index (κ3) is 18.6. The van der Waals surface area contributed by atoms with Crippen LogP contribution in [0.4, 0.5) is 0 Å². The van der Waals surface area contributed by atoms with Crippen LogP contribution in [0.2, 0.25) is 0 Å². The maximum absolute atomic E-state index is 11.3. The average molecular weight is 882 g/mol. The predicted molar refractivity (Wildman–Crippen MR) is 243 cm³/mol. The minimum atomic E-state index is -1.29. The molecular weight excluding hydrogens is 831 g/mol. The Hall–Kier alpha value is -8.45. The zero-order chi connectivity index (χ0) is 49.2. The minimum absolute atomic E-state index is 0.0218. The van der Waals surface area contributed by atoms with Crippen LogP contribution < -0.4 is 0 Å². The molecule has 3 heterocycles. The summed E-state index contributed by atoms with van der Waals surface area (Å²) in [5.74, 6) is -1.37. The highest BCUT2D eigenvalue weighted by Crippen LogP contribution is 2.27. The molecule has 17 heteroatoms. The van der Waals surface area contributed by atoms with E-state index in [1.807, 2.05) is 44.7 Å². The Balaban J connectivity index is 0.000000490. The summed E-state index contributed by atoms with van der Waals surface area (Å²) in [5, 5.41) is 9.59. The van der Waals surface area contributed by atoms with Gasteiger partial charge in [-0.05, 0) is 84.9 Å². The van der Waals surface area contributed by atoms with E-state index < -0.39 is 24.2 Å². The van der Waals surface area contributed by atoms with Crippen molar-refractivity contribution in [2.24, 2.45) is 0 Å². The quantitative estimate of drug-likeness (QED) is 0.0423. The number of rotatable bonds is 15. The van der Waals surface area contributed by atoms with Crippen LogP contribution >= 0.6 is 0 Å². The van der Waals surface area contributed by atoms with E-state index in [1.165, 1.54) is 6.92 Å². The van der Waals surface area contributed by atoms with Crippen molar-refractivity contribution in [1.82, 2.24) is 14.7 Å². The first-order valence-electron chi connectivity index (χ1n) is 19.4. The summed E-state index contributed by atoms with van der Waals surface area (Å²) < 4.78 is 20.2. The molecule has 336 valence electrons. The summed E-state index contributed by atoms with van der Waals surface area (Å²) >= 11 is 0. The molecule has 1 unspecified atom stereocenters. The second kappa shape index (κ2) is 28.2. The van der Waals surface area contributed by atoms with Gasteiger partial charge in [-0.15, -0.1) is 0 Å². The summed E-state index contributed by atoms with van der Waals surface area (Å²) in [7, 11) is 0. The Bertz CT molecular complexity index is 2340. The number of allylic oxidation sites excluding steroid dienone is 13. The van der Waals surface area contributed by atoms with Gasteiger partial charge in [0.25, 0.3) is 0 Å². The van der Waals surface area contributed by atoms with Gasteiger partial charge in [-0.1, -0.05) is 19.7 Å². The first-order chi connectivity index (χ1) is 30.8. The minimum Gasteiger partial charge on any atom is -0.460 e. The molecule has 0 saturated heterocycles. The van der Waals surface area contributed by atoms with Crippen molar-refractivity contribution in [1.29, 1.82) is 0 Å². The van der Waals surface area contributed by atoms with Crippen molar-refractivity contribution >= 4 is 17.9 Å². The van der Waals surface area contributed by atoms with Crippen molar-refractivity contribution in [3.63, 3.8) is 0 Å². The number of carbonyl (C=O) groups is 3. The van der Waals surface area contributed by atoms with Crippen molar-refractivity contribution in [2.45, 2.75) is 54.8 Å². The van der Waals surface area contributed by atoms with E-state index in [2.05, 4.69) is 53.7 Å². The van der Waals surface area contributed by atoms with E-state index in [1.54, 1.807) is 55.5 Å². The smallest absolute Gasteiger partial charge is 0.460 e. The van der Waals surface area contributed by atoms with E-state index in [4.69, 9.17) is 58.4 Å². The Morgan fingerprint density at radius 2 is 0.923 bits per heavy atom. The van der Waals surface area contributed by atoms with Crippen molar-refractivity contribution in [3.8, 4) is 0 Å². The number of β-amino-alcohol motifs (C(OH)–C–C–N with tert-alkyl or cyclic N) is 1. The van der Waals surface area contributed by atoms with Gasteiger partial charge in [0.05, 0.1) is 43.0 Å². The molecule has 1 atom stereocenters. The number of hydrogen-bond acceptors (Lipinski definition) is 11. The molecule has 3 aliphatic heterocycles. The van der Waals surface area contributed by atoms with Crippen molar-refractivity contribution in [2.75, 3.05) is 46.1 Å². The average Bonchev–Trinajstić information content (AvgIpc) is 3.25. The summed E-state index contributed by atoms with van der Waals surface area (Å²) in [5.41, 5.74) is 6.41. The third-order valence-corrected chi connectivity index (χ3v) is 8.59. The predicted octanol–water partition coefficient (Wildman–Crippen LogP) is 8.39. The molecule has 0 aromatic heterocycles. The number of esters is 3. The van der Waals surface area contributed by atoms with Gasteiger partial charge in [0.1, 0.15) is 52.6 Å². The van der Waals surface area contributed by atoms with E-state index in [-0.39, 0.29) is 42.8 Å². The molecule has 65 heavy (non-hydrogen) atoms. The van der Waals surface area contributed by atoms with Crippen molar-refractivity contribution in [3.05, 3.63) is 211 Å². The Labute approximate surface area is 381 Å². The second-order valence-corrected chi connectivity index (χ2v) is 13.9. The fourth-order valence-electron chi connectivity index (χ4n) is 5.37. The number of hydrogen-bond donors (Lipinski definition) is 1. The lowest BCUT2D eigenvalue weighted by Crippen LogP contribution is -2.29. The molecule has 0 fully saturated rings. The van der Waals surface area contributed by atoms with Gasteiger partial charge in [0, 0.05) is 58.5 Å². The van der Waals surface area contributed by atoms with Gasteiger partial charge in [-0.3, -0.25) is 0 Å². The van der Waals surface area contributed by atoms with E-state index >= 15 is 0 Å². The van der Waals surface area contributed by atoms with Crippen LogP contribution in [0.15, 0.2) is 142 Å². The number of nitrogens with zero attached hydrogens (tertiary/aromatic N) is 9. The Morgan fingerprint density at radius 1 is 0.569 bits per heavy atom. The first-order valence-corrected chi connectivity index (χ1v) is 19.4. The lowest BCUT2D eigenvalue weighted by atomic mass is 10.1. The molecule has 0 radical (unpaired) electrons. The molecule has 0 spiro atoms. The van der Waals surface area contributed by atoms with Crippen LogP contribution in [0.5, 0.6) is 0 Å². The van der Waals surface area contributed by atoms with Gasteiger partial charge in [0.2, 0.25) is 6.29 Å². The summed E-state index contributed by atoms with van der Waals surface area (Å²) in [6.07, 6.45) is 12.3.